The Bertz CT molecular complexity index is 1350. The molecule has 5 heterocycles. The third kappa shape index (κ3) is 3.50. The number of aromatic nitrogens is 2. The van der Waals surface area contributed by atoms with E-state index in [1.54, 1.807) is 42.4 Å². The molecule has 9 heteroatoms. The Labute approximate surface area is 201 Å². The van der Waals surface area contributed by atoms with Gasteiger partial charge in [-0.25, -0.2) is 19.2 Å². The summed E-state index contributed by atoms with van der Waals surface area (Å²) >= 11 is 0. The monoisotopic (exact) mass is 473 g/mol. The highest BCUT2D eigenvalue weighted by Crippen LogP contribution is 2.43. The van der Waals surface area contributed by atoms with Crippen LogP contribution >= 0.6 is 0 Å². The molecule has 178 valence electrons. The van der Waals surface area contributed by atoms with Crippen molar-refractivity contribution < 1.29 is 18.7 Å². The number of hydrogen-bond acceptors (Lipinski definition) is 6. The zero-order valence-electron chi connectivity index (χ0n) is 19.3. The van der Waals surface area contributed by atoms with E-state index in [1.165, 1.54) is 6.07 Å². The fraction of sp³-hybridized carbons (Fsp3) is 0.308. The van der Waals surface area contributed by atoms with Gasteiger partial charge in [0.1, 0.15) is 23.1 Å². The third-order valence-corrected chi connectivity index (χ3v) is 7.32. The van der Waals surface area contributed by atoms with Crippen LogP contribution in [0, 0.1) is 12.7 Å². The van der Waals surface area contributed by atoms with Gasteiger partial charge in [-0.1, -0.05) is 0 Å². The molecule has 0 unspecified atom stereocenters. The summed E-state index contributed by atoms with van der Waals surface area (Å²) in [5.41, 5.74) is 2.96. The summed E-state index contributed by atoms with van der Waals surface area (Å²) in [5.74, 6) is 0.875. The number of fused-ring (bicyclic) bond motifs is 3. The number of ether oxygens (including phenoxy) is 1. The van der Waals surface area contributed by atoms with E-state index in [1.807, 2.05) is 12.1 Å². The predicted octanol–water partition coefficient (Wildman–Crippen LogP) is 4.18. The smallest absolute Gasteiger partial charge is 0.413 e. The fourth-order valence-electron chi connectivity index (χ4n) is 5.41. The van der Waals surface area contributed by atoms with E-state index < -0.39 is 11.7 Å². The zero-order valence-corrected chi connectivity index (χ0v) is 19.3. The molecule has 1 fully saturated rings. The Balaban J connectivity index is 1.22. The largest absolute Gasteiger partial charge is 0.437 e. The number of carbonyl (C=O) groups is 2. The lowest BCUT2D eigenvalue weighted by molar-refractivity contribution is -0.00854. The Morgan fingerprint density at radius 3 is 2.77 bits per heavy atom. The second-order valence-corrected chi connectivity index (χ2v) is 9.17. The van der Waals surface area contributed by atoms with Gasteiger partial charge in [0.2, 0.25) is 0 Å². The van der Waals surface area contributed by atoms with Crippen molar-refractivity contribution in [1.29, 1.82) is 0 Å². The number of benzene rings is 1. The Kier molecular flexibility index (Phi) is 4.94. The number of nitrogens with one attached hydrogen (secondary N) is 1. The van der Waals surface area contributed by atoms with Crippen molar-refractivity contribution in [1.82, 2.24) is 9.97 Å². The molecule has 3 aliphatic rings. The second kappa shape index (κ2) is 8.04. The van der Waals surface area contributed by atoms with Crippen LogP contribution in [-0.4, -0.2) is 41.6 Å². The van der Waals surface area contributed by atoms with Gasteiger partial charge < -0.3 is 14.5 Å². The summed E-state index contributed by atoms with van der Waals surface area (Å²) < 4.78 is 19.7. The van der Waals surface area contributed by atoms with Gasteiger partial charge >= 0.3 is 6.09 Å². The third-order valence-electron chi connectivity index (χ3n) is 7.32. The zero-order chi connectivity index (χ0) is 24.2. The van der Waals surface area contributed by atoms with Crippen molar-refractivity contribution in [3.8, 4) is 0 Å². The molecular weight excluding hydrogens is 449 g/mol. The van der Waals surface area contributed by atoms with Crippen molar-refractivity contribution in [3.63, 3.8) is 0 Å². The minimum Gasteiger partial charge on any atom is -0.437 e. The van der Waals surface area contributed by atoms with Gasteiger partial charge in [-0.3, -0.25) is 10.1 Å². The second-order valence-electron chi connectivity index (χ2n) is 9.17. The number of halogens is 1. The minimum atomic E-state index is -0.720. The lowest BCUT2D eigenvalue weighted by atomic mass is 9.83. The standard InChI is InChI=1S/C26H24FN5O3/c1-16-18-7-12-32(21(18)5-4-20(16)27)24(33)17-6-11-28-22(15-17)31-13-8-26(9-14-31)19-3-2-10-29-23(19)30-25(34)35-26/h2-6,10-11,15H,7-9,12-14H2,1H3,(H,29,30,34). The minimum absolute atomic E-state index is 0.126. The Morgan fingerprint density at radius 2 is 1.94 bits per heavy atom. The molecule has 0 saturated carbocycles. The molecule has 35 heavy (non-hydrogen) atoms. The molecule has 1 spiro atoms. The van der Waals surface area contributed by atoms with E-state index in [2.05, 4.69) is 20.2 Å². The van der Waals surface area contributed by atoms with Crippen LogP contribution in [-0.2, 0) is 16.8 Å². The first-order chi connectivity index (χ1) is 16.9. The predicted molar refractivity (Wildman–Crippen MR) is 128 cm³/mol. The highest BCUT2D eigenvalue weighted by Gasteiger charge is 2.45. The maximum absolute atomic E-state index is 14.0. The SMILES string of the molecule is Cc1c(F)ccc2c1CCN2C(=O)c1ccnc(N2CCC3(CC2)OC(=O)Nc2ncccc23)c1. The summed E-state index contributed by atoms with van der Waals surface area (Å²) in [6.07, 6.45) is 4.61. The number of carbonyl (C=O) groups excluding carboxylic acids is 2. The number of pyridine rings is 2. The number of nitrogens with zero attached hydrogens (tertiary/aromatic N) is 4. The maximum atomic E-state index is 14.0. The summed E-state index contributed by atoms with van der Waals surface area (Å²) in [6.45, 7) is 3.49. The molecule has 3 aromatic rings. The molecule has 0 aliphatic carbocycles. The molecule has 1 saturated heterocycles. The molecular formula is C26H24FN5O3. The molecule has 2 amide bonds. The number of amides is 2. The fourth-order valence-corrected chi connectivity index (χ4v) is 5.41. The van der Waals surface area contributed by atoms with E-state index in [9.17, 15) is 14.0 Å². The van der Waals surface area contributed by atoms with Gasteiger partial charge in [-0.2, -0.15) is 0 Å². The van der Waals surface area contributed by atoms with E-state index in [-0.39, 0.29) is 11.7 Å². The summed E-state index contributed by atoms with van der Waals surface area (Å²) in [4.78, 5) is 38.1. The van der Waals surface area contributed by atoms with Crippen LogP contribution in [0.1, 0.15) is 39.9 Å². The topological polar surface area (TPSA) is 87.7 Å². The van der Waals surface area contributed by atoms with Crippen molar-refractivity contribution in [2.24, 2.45) is 0 Å². The van der Waals surface area contributed by atoms with Gasteiger partial charge in [0, 0.05) is 61.7 Å². The Hall–Kier alpha value is -4.01. The molecule has 1 N–H and O–H groups in total. The van der Waals surface area contributed by atoms with Crippen molar-refractivity contribution >= 4 is 29.3 Å². The van der Waals surface area contributed by atoms with Crippen LogP contribution in [0.2, 0.25) is 0 Å². The molecule has 0 bridgehead atoms. The molecule has 3 aliphatic heterocycles. The molecule has 6 rings (SSSR count). The Morgan fingerprint density at radius 1 is 1.11 bits per heavy atom. The maximum Gasteiger partial charge on any atom is 0.413 e. The van der Waals surface area contributed by atoms with Crippen LogP contribution in [0.5, 0.6) is 0 Å². The number of piperidine rings is 1. The van der Waals surface area contributed by atoms with Crippen molar-refractivity contribution in [3.05, 3.63) is 76.9 Å². The molecule has 0 atom stereocenters. The van der Waals surface area contributed by atoms with E-state index >= 15 is 0 Å². The highest BCUT2D eigenvalue weighted by molar-refractivity contribution is 6.07. The van der Waals surface area contributed by atoms with Gasteiger partial charge in [-0.05, 0) is 60.9 Å². The van der Waals surface area contributed by atoms with E-state index in [0.29, 0.717) is 61.7 Å². The summed E-state index contributed by atoms with van der Waals surface area (Å²) in [6, 6.07) is 10.4. The first kappa shape index (κ1) is 21.5. The van der Waals surface area contributed by atoms with Crippen LogP contribution in [0.25, 0.3) is 0 Å². The average Bonchev–Trinajstić information content (AvgIpc) is 3.31. The quantitative estimate of drug-likeness (QED) is 0.601. The van der Waals surface area contributed by atoms with Crippen LogP contribution in [0.4, 0.5) is 26.5 Å². The van der Waals surface area contributed by atoms with Crippen LogP contribution in [0.3, 0.4) is 0 Å². The molecule has 8 nitrogen and oxygen atoms in total. The molecule has 1 aromatic carbocycles. The first-order valence-corrected chi connectivity index (χ1v) is 11.7. The highest BCUT2D eigenvalue weighted by atomic mass is 19.1. The van der Waals surface area contributed by atoms with Gasteiger partial charge in [0.25, 0.3) is 5.91 Å². The van der Waals surface area contributed by atoms with Crippen LogP contribution < -0.4 is 15.1 Å². The molecule has 2 aromatic heterocycles. The lowest BCUT2D eigenvalue weighted by Crippen LogP contribution is -2.48. The van der Waals surface area contributed by atoms with Crippen molar-refractivity contribution in [2.45, 2.75) is 31.8 Å². The van der Waals surface area contributed by atoms with Gasteiger partial charge in [0.15, 0.2) is 0 Å². The lowest BCUT2D eigenvalue weighted by Gasteiger charge is -2.44. The first-order valence-electron chi connectivity index (χ1n) is 11.7. The molecule has 0 radical (unpaired) electrons. The number of hydrogen-bond donors (Lipinski definition) is 1. The summed E-state index contributed by atoms with van der Waals surface area (Å²) in [7, 11) is 0. The summed E-state index contributed by atoms with van der Waals surface area (Å²) in [5, 5.41) is 2.67. The normalized spacial score (nSPS) is 18.1. The van der Waals surface area contributed by atoms with Crippen molar-refractivity contribution in [2.75, 3.05) is 34.8 Å². The number of anilines is 3. The van der Waals surface area contributed by atoms with E-state index in [0.717, 1.165) is 16.8 Å². The van der Waals surface area contributed by atoms with Gasteiger partial charge in [0.05, 0.1) is 0 Å². The number of rotatable bonds is 2. The van der Waals surface area contributed by atoms with Crippen LogP contribution in [0.15, 0.2) is 48.8 Å². The van der Waals surface area contributed by atoms with E-state index in [4.69, 9.17) is 4.74 Å². The average molecular weight is 474 g/mol. The van der Waals surface area contributed by atoms with Gasteiger partial charge in [-0.15, -0.1) is 0 Å².